The summed E-state index contributed by atoms with van der Waals surface area (Å²) in [5, 5.41) is 3.21. The molecule has 0 aromatic carbocycles. The van der Waals surface area contributed by atoms with Gasteiger partial charge in [-0.15, -0.1) is 0 Å². The molecule has 2 atom stereocenters. The van der Waals surface area contributed by atoms with Gasteiger partial charge in [-0.3, -0.25) is 0 Å². The van der Waals surface area contributed by atoms with Gasteiger partial charge in [-0.25, -0.2) is 14.8 Å². The number of alkyl halides is 3. The predicted octanol–water partition coefficient (Wildman–Crippen LogP) is 4.00. The van der Waals surface area contributed by atoms with Crippen LogP contribution in [0.2, 0.25) is 0 Å². The molecule has 2 saturated heterocycles. The van der Waals surface area contributed by atoms with E-state index in [1.807, 2.05) is 23.6 Å². The Bertz CT molecular complexity index is 775. The van der Waals surface area contributed by atoms with Gasteiger partial charge in [-0.1, -0.05) is 20.8 Å². The number of nitrogens with zero attached hydrogens (tertiary/aromatic N) is 5. The standard InChI is InChI=1S/C23H37F3N6O/c1-16-14-31(20-27-12-18(13-28-20)23(24,25)26)15-17(2)32(16)21(33)29-19-6-9-30(10-7-19)11-8-22(3,4)5/h12-13,16-17,19H,6-11,14-15H2,1-5H3,(H,29,33)/t16-,17+. The van der Waals surface area contributed by atoms with Crippen molar-refractivity contribution >= 4 is 12.0 Å². The van der Waals surface area contributed by atoms with E-state index in [4.69, 9.17) is 0 Å². The Morgan fingerprint density at radius 3 is 2.09 bits per heavy atom. The van der Waals surface area contributed by atoms with Crippen LogP contribution in [0.3, 0.4) is 0 Å². The molecule has 3 rings (SSSR count). The number of piperidine rings is 1. The van der Waals surface area contributed by atoms with Crippen molar-refractivity contribution in [3.05, 3.63) is 18.0 Å². The normalized spacial score (nSPS) is 23.6. The van der Waals surface area contributed by atoms with Crippen LogP contribution >= 0.6 is 0 Å². The summed E-state index contributed by atoms with van der Waals surface area (Å²) in [6.07, 6.45) is 0.204. The number of anilines is 1. The molecule has 0 bridgehead atoms. The van der Waals surface area contributed by atoms with Gasteiger partial charge in [-0.2, -0.15) is 13.2 Å². The summed E-state index contributed by atoms with van der Waals surface area (Å²) in [5.74, 6) is 0.254. The van der Waals surface area contributed by atoms with Gasteiger partial charge in [0.2, 0.25) is 5.95 Å². The Kier molecular flexibility index (Phi) is 7.76. The molecule has 0 unspecified atom stereocenters. The van der Waals surface area contributed by atoms with Gasteiger partial charge < -0.3 is 20.0 Å². The number of aromatic nitrogens is 2. The average Bonchev–Trinajstić information content (AvgIpc) is 2.71. The Labute approximate surface area is 194 Å². The summed E-state index contributed by atoms with van der Waals surface area (Å²) >= 11 is 0. The third-order valence-electron chi connectivity index (χ3n) is 6.50. The minimum absolute atomic E-state index is 0.0730. The Morgan fingerprint density at radius 1 is 1.06 bits per heavy atom. The number of hydrogen-bond acceptors (Lipinski definition) is 5. The molecule has 1 aromatic heterocycles. The van der Waals surface area contributed by atoms with E-state index in [2.05, 4.69) is 41.0 Å². The van der Waals surface area contributed by atoms with Crippen molar-refractivity contribution in [3.63, 3.8) is 0 Å². The van der Waals surface area contributed by atoms with Crippen molar-refractivity contribution in [2.24, 2.45) is 5.41 Å². The molecule has 0 aliphatic carbocycles. The van der Waals surface area contributed by atoms with Crippen molar-refractivity contribution in [3.8, 4) is 0 Å². The summed E-state index contributed by atoms with van der Waals surface area (Å²) in [6.45, 7) is 14.7. The summed E-state index contributed by atoms with van der Waals surface area (Å²) in [7, 11) is 0. The highest BCUT2D eigenvalue weighted by molar-refractivity contribution is 5.75. The number of hydrogen-bond donors (Lipinski definition) is 1. The minimum atomic E-state index is -4.46. The number of amides is 2. The quantitative estimate of drug-likeness (QED) is 0.721. The van der Waals surface area contributed by atoms with Crippen LogP contribution in [-0.2, 0) is 6.18 Å². The number of rotatable bonds is 4. The van der Waals surface area contributed by atoms with Crippen molar-refractivity contribution < 1.29 is 18.0 Å². The van der Waals surface area contributed by atoms with Gasteiger partial charge in [0.15, 0.2) is 0 Å². The molecule has 7 nitrogen and oxygen atoms in total. The van der Waals surface area contributed by atoms with Gasteiger partial charge in [0.25, 0.3) is 0 Å². The lowest BCUT2D eigenvalue weighted by Crippen LogP contribution is -2.62. The lowest BCUT2D eigenvalue weighted by Gasteiger charge is -2.45. The SMILES string of the molecule is C[C@@H]1CN(c2ncc(C(F)(F)F)cn2)C[C@H](C)N1C(=O)NC1CCN(CCC(C)(C)C)CC1. The maximum absolute atomic E-state index is 13.1. The Balaban J connectivity index is 1.50. The van der Waals surface area contributed by atoms with E-state index in [-0.39, 0.29) is 30.1 Å². The number of carbonyl (C=O) groups excluding carboxylic acids is 1. The molecule has 33 heavy (non-hydrogen) atoms. The zero-order chi connectivity index (χ0) is 24.4. The second-order valence-corrected chi connectivity index (χ2v) is 10.7. The zero-order valence-electron chi connectivity index (χ0n) is 20.3. The second kappa shape index (κ2) is 10.0. The number of nitrogens with one attached hydrogen (secondary N) is 1. The highest BCUT2D eigenvalue weighted by atomic mass is 19.4. The highest BCUT2D eigenvalue weighted by Gasteiger charge is 2.36. The summed E-state index contributed by atoms with van der Waals surface area (Å²) in [6, 6.07) is -0.145. The summed E-state index contributed by atoms with van der Waals surface area (Å²) < 4.78 is 38.3. The largest absolute Gasteiger partial charge is 0.419 e. The first-order chi connectivity index (χ1) is 15.3. The van der Waals surface area contributed by atoms with E-state index in [0.29, 0.717) is 18.5 Å². The first-order valence-corrected chi connectivity index (χ1v) is 11.8. The average molecular weight is 471 g/mol. The van der Waals surface area contributed by atoms with Crippen molar-refractivity contribution in [1.29, 1.82) is 0 Å². The first-order valence-electron chi connectivity index (χ1n) is 11.8. The van der Waals surface area contributed by atoms with Crippen LogP contribution in [0.1, 0.15) is 59.4 Å². The fourth-order valence-electron chi connectivity index (χ4n) is 4.56. The molecule has 10 heteroatoms. The Hall–Kier alpha value is -2.10. The molecule has 0 radical (unpaired) electrons. The van der Waals surface area contributed by atoms with Crippen molar-refractivity contribution in [2.75, 3.05) is 37.6 Å². The smallest absolute Gasteiger partial charge is 0.337 e. The number of urea groups is 1. The van der Waals surface area contributed by atoms with Gasteiger partial charge >= 0.3 is 12.2 Å². The molecule has 2 amide bonds. The minimum Gasteiger partial charge on any atom is -0.337 e. The molecular formula is C23H37F3N6O. The highest BCUT2D eigenvalue weighted by Crippen LogP contribution is 2.29. The zero-order valence-corrected chi connectivity index (χ0v) is 20.3. The molecule has 2 aliphatic rings. The molecule has 2 aliphatic heterocycles. The van der Waals surface area contributed by atoms with Crippen LogP contribution in [0, 0.1) is 5.41 Å². The van der Waals surface area contributed by atoms with Crippen LogP contribution in [0.5, 0.6) is 0 Å². The summed E-state index contributed by atoms with van der Waals surface area (Å²) in [5.41, 5.74) is -0.542. The number of piperazine rings is 1. The molecule has 1 N–H and O–H groups in total. The fourth-order valence-corrected chi connectivity index (χ4v) is 4.56. The van der Waals surface area contributed by atoms with Gasteiger partial charge in [0, 0.05) is 56.7 Å². The van der Waals surface area contributed by atoms with Crippen LogP contribution in [-0.4, -0.2) is 76.6 Å². The van der Waals surface area contributed by atoms with Crippen LogP contribution in [0.15, 0.2) is 12.4 Å². The van der Waals surface area contributed by atoms with Gasteiger partial charge in [0.05, 0.1) is 5.56 Å². The van der Waals surface area contributed by atoms with E-state index in [1.54, 1.807) is 0 Å². The van der Waals surface area contributed by atoms with Crippen molar-refractivity contribution in [2.45, 2.75) is 78.2 Å². The van der Waals surface area contributed by atoms with Crippen LogP contribution in [0.4, 0.5) is 23.9 Å². The fraction of sp³-hybridized carbons (Fsp3) is 0.783. The van der Waals surface area contributed by atoms with Crippen molar-refractivity contribution in [1.82, 2.24) is 25.1 Å². The molecule has 2 fully saturated rings. The van der Waals surface area contributed by atoms with E-state index >= 15 is 0 Å². The molecule has 186 valence electrons. The topological polar surface area (TPSA) is 64.6 Å². The monoisotopic (exact) mass is 470 g/mol. The maximum atomic E-state index is 13.1. The van der Waals surface area contributed by atoms with E-state index in [9.17, 15) is 18.0 Å². The second-order valence-electron chi connectivity index (χ2n) is 10.7. The van der Waals surface area contributed by atoms with Crippen LogP contribution < -0.4 is 10.2 Å². The maximum Gasteiger partial charge on any atom is 0.419 e. The lowest BCUT2D eigenvalue weighted by atomic mass is 9.91. The molecular weight excluding hydrogens is 433 g/mol. The number of likely N-dealkylation sites (tertiary alicyclic amines) is 1. The third kappa shape index (κ3) is 6.94. The molecule has 3 heterocycles. The van der Waals surface area contributed by atoms with Gasteiger partial charge in [0.1, 0.15) is 0 Å². The predicted molar refractivity (Wildman–Crippen MR) is 122 cm³/mol. The van der Waals surface area contributed by atoms with Crippen LogP contribution in [0.25, 0.3) is 0 Å². The third-order valence-corrected chi connectivity index (χ3v) is 6.50. The van der Waals surface area contributed by atoms with E-state index in [0.717, 1.165) is 51.3 Å². The molecule has 0 spiro atoms. The first kappa shape index (κ1) is 25.5. The molecule has 1 aromatic rings. The van der Waals surface area contributed by atoms with E-state index in [1.165, 1.54) is 0 Å². The summed E-state index contributed by atoms with van der Waals surface area (Å²) in [4.78, 5) is 27.0. The van der Waals surface area contributed by atoms with E-state index < -0.39 is 11.7 Å². The number of carbonyl (C=O) groups is 1. The molecule has 0 saturated carbocycles. The number of halogens is 3. The Morgan fingerprint density at radius 2 is 1.61 bits per heavy atom. The van der Waals surface area contributed by atoms with Gasteiger partial charge in [-0.05, 0) is 45.1 Å². The lowest BCUT2D eigenvalue weighted by molar-refractivity contribution is -0.138.